The topological polar surface area (TPSA) is 148 Å². The predicted octanol–water partition coefficient (Wildman–Crippen LogP) is 4.21. The normalized spacial score (nSPS) is 12.4. The van der Waals surface area contributed by atoms with Crippen LogP contribution in [0.15, 0.2) is 42.5 Å². The third kappa shape index (κ3) is 11.6. The van der Waals surface area contributed by atoms with Gasteiger partial charge in [-0.25, -0.2) is 9.18 Å². The Morgan fingerprint density at radius 2 is 1.84 bits per heavy atom. The molecule has 0 saturated carbocycles. The quantitative estimate of drug-likeness (QED) is 0.169. The van der Waals surface area contributed by atoms with Crippen molar-refractivity contribution in [2.45, 2.75) is 51.4 Å². The molecule has 0 saturated heterocycles. The molecule has 0 bridgehead atoms. The monoisotopic (exact) mass is 650 g/mol. The number of methoxy groups -OCH3 is 1. The number of thioether (sulfide) groups is 1. The van der Waals surface area contributed by atoms with Crippen LogP contribution in [0.4, 0.5) is 4.39 Å². The number of hydrogen-bond acceptors (Lipinski definition) is 8. The minimum atomic E-state index is -1.37. The molecular formula is C31H36ClFN2O8S. The first-order valence-electron chi connectivity index (χ1n) is 13.7. The molecule has 238 valence electrons. The summed E-state index contributed by atoms with van der Waals surface area (Å²) >= 11 is 7.06. The van der Waals surface area contributed by atoms with Crippen molar-refractivity contribution < 1.29 is 42.9 Å². The minimum absolute atomic E-state index is 0.0685. The fraction of sp³-hybridized carbons (Fsp3) is 0.387. The fourth-order valence-corrected chi connectivity index (χ4v) is 5.32. The molecule has 2 aromatic rings. The predicted molar refractivity (Wildman–Crippen MR) is 166 cm³/mol. The third-order valence-electron chi connectivity index (χ3n) is 6.25. The Bertz CT molecular complexity index is 1360. The smallest absolute Gasteiger partial charge is 0.330 e. The van der Waals surface area contributed by atoms with Gasteiger partial charge in [0.05, 0.1) is 38.4 Å². The van der Waals surface area contributed by atoms with Gasteiger partial charge in [0.1, 0.15) is 17.6 Å². The largest absolute Gasteiger partial charge is 0.494 e. The first-order chi connectivity index (χ1) is 20.9. The molecule has 0 aromatic heterocycles. The van der Waals surface area contributed by atoms with E-state index >= 15 is 0 Å². The van der Waals surface area contributed by atoms with Crippen LogP contribution in [0.1, 0.15) is 43.9 Å². The lowest BCUT2D eigenvalue weighted by Gasteiger charge is -2.25. The van der Waals surface area contributed by atoms with Gasteiger partial charge in [-0.1, -0.05) is 37.6 Å². The number of rotatable bonds is 17. The van der Waals surface area contributed by atoms with Crippen molar-refractivity contribution in [2.24, 2.45) is 5.92 Å². The van der Waals surface area contributed by atoms with E-state index in [0.717, 1.165) is 11.8 Å². The number of carboxylic acid groups (broad SMARTS) is 1. The Balaban J connectivity index is 2.13. The molecule has 0 heterocycles. The molecule has 0 aliphatic carbocycles. The summed E-state index contributed by atoms with van der Waals surface area (Å²) in [7, 11) is 1.26. The molecule has 10 nitrogen and oxygen atoms in total. The summed E-state index contributed by atoms with van der Waals surface area (Å²) in [6.45, 7) is 5.51. The average molecular weight is 651 g/mol. The number of ether oxygens (including phenoxy) is 2. The first kappa shape index (κ1) is 36.3. The fourth-order valence-electron chi connectivity index (χ4n) is 4.01. The zero-order chi connectivity index (χ0) is 32.8. The number of hydrogen-bond donors (Lipinski definition) is 3. The molecule has 0 fully saturated rings. The molecule has 0 unspecified atom stereocenters. The van der Waals surface area contributed by atoms with E-state index in [1.807, 2.05) is 0 Å². The van der Waals surface area contributed by atoms with E-state index in [1.165, 1.54) is 37.5 Å². The van der Waals surface area contributed by atoms with Crippen LogP contribution in [0.5, 0.6) is 5.75 Å². The maximum Gasteiger partial charge on any atom is 0.330 e. The van der Waals surface area contributed by atoms with Crippen molar-refractivity contribution in [3.8, 4) is 5.75 Å². The zero-order valence-corrected chi connectivity index (χ0v) is 26.4. The highest BCUT2D eigenvalue weighted by atomic mass is 35.5. The second kappa shape index (κ2) is 18.0. The van der Waals surface area contributed by atoms with E-state index < -0.39 is 59.8 Å². The van der Waals surface area contributed by atoms with Crippen molar-refractivity contribution in [1.29, 1.82) is 0 Å². The van der Waals surface area contributed by atoms with Crippen molar-refractivity contribution in [3.63, 3.8) is 0 Å². The number of carbonyl (C=O) groups excluding carboxylic acids is 4. The van der Waals surface area contributed by atoms with Gasteiger partial charge >= 0.3 is 11.9 Å². The average Bonchev–Trinajstić information content (AvgIpc) is 2.96. The lowest BCUT2D eigenvalue weighted by atomic mass is 10.0. The molecule has 2 atom stereocenters. The number of esters is 1. The molecule has 0 aliphatic heterocycles. The summed E-state index contributed by atoms with van der Waals surface area (Å²) in [5.74, 6) is -4.31. The highest BCUT2D eigenvalue weighted by Gasteiger charge is 2.30. The molecule has 0 radical (unpaired) electrons. The second-order valence-corrected chi connectivity index (χ2v) is 11.3. The van der Waals surface area contributed by atoms with Crippen molar-refractivity contribution in [1.82, 2.24) is 10.6 Å². The summed E-state index contributed by atoms with van der Waals surface area (Å²) in [4.78, 5) is 62.2. The van der Waals surface area contributed by atoms with E-state index in [4.69, 9.17) is 16.3 Å². The van der Waals surface area contributed by atoms with E-state index in [1.54, 1.807) is 39.0 Å². The Kier molecular flexibility index (Phi) is 14.9. The summed E-state index contributed by atoms with van der Waals surface area (Å²) in [5.41, 5.74) is 1.33. The molecule has 2 amide bonds. The minimum Gasteiger partial charge on any atom is -0.494 e. The SMILES string of the molecule is CCOc1ccc(C=CC(=O)OC)cc1CC(=O)N[C@H](C(=O)N[C@H](CC(=O)O)C(=O)CSCc1c(F)cccc1Cl)C(C)C. The van der Waals surface area contributed by atoms with E-state index in [2.05, 4.69) is 15.4 Å². The third-order valence-corrected chi connectivity index (χ3v) is 7.59. The number of ketones is 1. The summed E-state index contributed by atoms with van der Waals surface area (Å²) in [6.07, 6.45) is 1.92. The Morgan fingerprint density at radius 3 is 2.45 bits per heavy atom. The Labute approximate surface area is 264 Å². The van der Waals surface area contributed by atoms with E-state index in [9.17, 15) is 33.5 Å². The first-order valence-corrected chi connectivity index (χ1v) is 15.3. The van der Waals surface area contributed by atoms with Gasteiger partial charge in [-0.2, -0.15) is 0 Å². The highest BCUT2D eigenvalue weighted by Crippen LogP contribution is 2.25. The molecule has 0 aliphatic rings. The van der Waals surface area contributed by atoms with Gasteiger partial charge in [-0.3, -0.25) is 19.2 Å². The number of nitrogens with one attached hydrogen (secondary N) is 2. The van der Waals surface area contributed by atoms with Crippen LogP contribution in [-0.4, -0.2) is 66.2 Å². The summed E-state index contributed by atoms with van der Waals surface area (Å²) in [6, 6.07) is 6.80. The zero-order valence-electron chi connectivity index (χ0n) is 24.9. The Morgan fingerprint density at radius 1 is 1.11 bits per heavy atom. The molecule has 13 heteroatoms. The summed E-state index contributed by atoms with van der Waals surface area (Å²) in [5, 5.41) is 14.7. The highest BCUT2D eigenvalue weighted by molar-refractivity contribution is 7.99. The van der Waals surface area contributed by atoms with Gasteiger partial charge in [0.25, 0.3) is 0 Å². The van der Waals surface area contributed by atoms with E-state index in [-0.39, 0.29) is 28.5 Å². The lowest BCUT2D eigenvalue weighted by molar-refractivity contribution is -0.140. The number of halogens is 2. The molecular weight excluding hydrogens is 615 g/mol. The molecule has 2 aromatic carbocycles. The number of carboxylic acids is 1. The van der Waals surface area contributed by atoms with Crippen LogP contribution in [0.3, 0.4) is 0 Å². The van der Waals surface area contributed by atoms with Crippen molar-refractivity contribution in [3.05, 3.63) is 70.0 Å². The van der Waals surface area contributed by atoms with Gasteiger partial charge in [-0.15, -0.1) is 11.8 Å². The molecule has 2 rings (SSSR count). The summed E-state index contributed by atoms with van der Waals surface area (Å²) < 4.78 is 24.3. The number of aliphatic carboxylic acids is 1. The standard InChI is InChI=1S/C31H36ClFN2O8S/c1-5-43-26-11-9-19(10-12-29(40)42-4)13-20(26)14-27(37)35-30(18(2)3)31(41)34-24(15-28(38)39)25(36)17-44-16-21-22(32)7-6-8-23(21)33/h6-13,18,24,30H,5,14-17H2,1-4H3,(H,34,41)(H,35,37)(H,38,39)/t24-,30+/m1/s1. The van der Waals surface area contributed by atoms with Crippen LogP contribution in [-0.2, 0) is 40.9 Å². The van der Waals surface area contributed by atoms with Crippen LogP contribution in [0, 0.1) is 11.7 Å². The van der Waals surface area contributed by atoms with Crippen molar-refractivity contribution in [2.75, 3.05) is 19.5 Å². The maximum atomic E-state index is 14.1. The number of benzene rings is 2. The van der Waals surface area contributed by atoms with Gasteiger partial charge in [0, 0.05) is 28.0 Å². The number of amides is 2. The second-order valence-electron chi connectivity index (χ2n) is 9.94. The Hall–Kier alpha value is -3.90. The number of Topliss-reactive ketones (excluding diaryl/α,β-unsaturated/α-hetero) is 1. The van der Waals surface area contributed by atoms with Crippen LogP contribution < -0.4 is 15.4 Å². The lowest BCUT2D eigenvalue weighted by Crippen LogP contribution is -2.54. The van der Waals surface area contributed by atoms with Crippen LogP contribution in [0.25, 0.3) is 6.08 Å². The van der Waals surface area contributed by atoms with Gasteiger partial charge in [0.2, 0.25) is 11.8 Å². The molecule has 44 heavy (non-hydrogen) atoms. The van der Waals surface area contributed by atoms with Crippen LogP contribution >= 0.6 is 23.4 Å². The maximum absolute atomic E-state index is 14.1. The van der Waals surface area contributed by atoms with Gasteiger partial charge in [0.15, 0.2) is 5.78 Å². The molecule has 3 N–H and O–H groups in total. The van der Waals surface area contributed by atoms with Gasteiger partial charge < -0.3 is 25.2 Å². The van der Waals surface area contributed by atoms with Crippen LogP contribution in [0.2, 0.25) is 5.02 Å². The van der Waals surface area contributed by atoms with Gasteiger partial charge in [-0.05, 0) is 48.7 Å². The molecule has 0 spiro atoms. The van der Waals surface area contributed by atoms with Crippen molar-refractivity contribution >= 4 is 59.0 Å². The number of carbonyl (C=O) groups is 5. The van der Waals surface area contributed by atoms with E-state index in [0.29, 0.717) is 23.5 Å².